The molecule has 0 saturated heterocycles. The van der Waals surface area contributed by atoms with Crippen LogP contribution in [0.25, 0.3) is 0 Å². The van der Waals surface area contributed by atoms with E-state index in [9.17, 15) is 13.8 Å². The molecule has 0 aliphatic heterocycles. The number of carbonyl (C=O) groups is 2. The predicted molar refractivity (Wildman–Crippen MR) is 65.1 cm³/mol. The lowest BCUT2D eigenvalue weighted by Gasteiger charge is -2.12. The fraction of sp³-hybridized carbons (Fsp3) is 0.818. The van der Waals surface area contributed by atoms with Crippen LogP contribution in [0.4, 0.5) is 0 Å². The number of nitrogens with one attached hydrogen (secondary N) is 1. The Morgan fingerprint density at radius 3 is 2.41 bits per heavy atom. The molecule has 0 bridgehead atoms. The zero-order valence-electron chi connectivity index (χ0n) is 10.2. The summed E-state index contributed by atoms with van der Waals surface area (Å²) in [6.07, 6.45) is 1.66. The van der Waals surface area contributed by atoms with E-state index in [-0.39, 0.29) is 29.5 Å². The van der Waals surface area contributed by atoms with Crippen molar-refractivity contribution in [2.75, 3.05) is 11.5 Å². The van der Waals surface area contributed by atoms with Gasteiger partial charge < -0.3 is 10.4 Å². The van der Waals surface area contributed by atoms with Crippen molar-refractivity contribution in [3.05, 3.63) is 0 Å². The molecule has 2 N–H and O–H groups in total. The van der Waals surface area contributed by atoms with Crippen LogP contribution in [0.1, 0.15) is 33.1 Å². The van der Waals surface area contributed by atoms with Crippen molar-refractivity contribution < 1.29 is 18.9 Å². The normalized spacial score (nSPS) is 18.8. The van der Waals surface area contributed by atoms with Gasteiger partial charge in [0.1, 0.15) is 5.75 Å². The van der Waals surface area contributed by atoms with Crippen LogP contribution in [-0.2, 0) is 20.4 Å². The van der Waals surface area contributed by atoms with Crippen molar-refractivity contribution >= 4 is 22.7 Å². The van der Waals surface area contributed by atoms with E-state index in [1.165, 1.54) is 0 Å². The highest BCUT2D eigenvalue weighted by molar-refractivity contribution is 7.85. The van der Waals surface area contributed by atoms with Crippen molar-refractivity contribution in [2.24, 2.45) is 5.41 Å². The van der Waals surface area contributed by atoms with Gasteiger partial charge >= 0.3 is 5.97 Å². The van der Waals surface area contributed by atoms with Crippen molar-refractivity contribution in [3.63, 3.8) is 0 Å². The highest BCUT2D eigenvalue weighted by Gasteiger charge is 2.45. The van der Waals surface area contributed by atoms with Gasteiger partial charge in [0.15, 0.2) is 0 Å². The van der Waals surface area contributed by atoms with Crippen LogP contribution in [0.5, 0.6) is 0 Å². The summed E-state index contributed by atoms with van der Waals surface area (Å²) in [6, 6.07) is 0.0356. The van der Waals surface area contributed by atoms with Crippen LogP contribution < -0.4 is 5.32 Å². The summed E-state index contributed by atoms with van der Waals surface area (Å²) in [5, 5.41) is 11.4. The molecule has 1 rings (SSSR count). The lowest BCUT2D eigenvalue weighted by Crippen LogP contribution is -2.35. The van der Waals surface area contributed by atoms with Crippen molar-refractivity contribution in [2.45, 2.75) is 39.2 Å². The highest BCUT2D eigenvalue weighted by Crippen LogP contribution is 2.49. The molecule has 1 fully saturated rings. The fourth-order valence-electron chi connectivity index (χ4n) is 1.77. The molecule has 0 aromatic carbocycles. The van der Waals surface area contributed by atoms with Crippen LogP contribution in [-0.4, -0.2) is 38.7 Å². The molecule has 0 heterocycles. The average molecular weight is 261 g/mol. The third-order valence-electron chi connectivity index (χ3n) is 2.69. The molecular formula is C11H19NO4S. The molecule has 1 atom stereocenters. The Labute approximate surface area is 103 Å². The van der Waals surface area contributed by atoms with Crippen molar-refractivity contribution in [3.8, 4) is 0 Å². The van der Waals surface area contributed by atoms with E-state index in [4.69, 9.17) is 5.11 Å². The molecule has 5 nitrogen and oxygen atoms in total. The zero-order valence-corrected chi connectivity index (χ0v) is 11.0. The predicted octanol–water partition coefficient (Wildman–Crippen LogP) is 0.515. The Morgan fingerprint density at radius 2 is 2.00 bits per heavy atom. The topological polar surface area (TPSA) is 83.5 Å². The van der Waals surface area contributed by atoms with Crippen molar-refractivity contribution in [1.82, 2.24) is 5.32 Å². The van der Waals surface area contributed by atoms with E-state index in [2.05, 4.69) is 5.32 Å². The maximum Gasteiger partial charge on any atom is 0.303 e. The molecule has 17 heavy (non-hydrogen) atoms. The fourth-order valence-corrected chi connectivity index (χ4v) is 3.32. The van der Waals surface area contributed by atoms with Gasteiger partial charge in [-0.15, -0.1) is 0 Å². The van der Waals surface area contributed by atoms with Gasteiger partial charge in [-0.25, -0.2) is 0 Å². The van der Waals surface area contributed by atoms with Crippen LogP contribution in [0.3, 0.4) is 0 Å². The summed E-state index contributed by atoms with van der Waals surface area (Å²) in [5.41, 5.74) is -0.311. The first kappa shape index (κ1) is 14.2. The van der Waals surface area contributed by atoms with Crippen LogP contribution in [0, 0.1) is 5.41 Å². The molecule has 1 aliphatic rings. The molecule has 0 aromatic heterocycles. The third kappa shape index (κ3) is 5.30. The lowest BCUT2D eigenvalue weighted by atomic mass is 10.1. The van der Waals surface area contributed by atoms with E-state index in [0.717, 1.165) is 12.8 Å². The minimum absolute atomic E-state index is 0.0282. The zero-order chi connectivity index (χ0) is 13.1. The molecule has 0 aromatic rings. The maximum atomic E-state index is 11.7. The molecule has 1 aliphatic carbocycles. The first-order valence-corrected chi connectivity index (χ1v) is 7.18. The molecule has 0 spiro atoms. The summed E-state index contributed by atoms with van der Waals surface area (Å²) in [5.74, 6) is -0.791. The summed E-state index contributed by atoms with van der Waals surface area (Å²) < 4.78 is 11.7. The number of hydrogen-bond donors (Lipinski definition) is 2. The Bertz CT molecular complexity index is 336. The molecule has 0 radical (unpaired) electrons. The maximum absolute atomic E-state index is 11.7. The molecule has 1 amide bonds. The van der Waals surface area contributed by atoms with Gasteiger partial charge in [0.25, 0.3) is 0 Å². The monoisotopic (exact) mass is 261 g/mol. The van der Waals surface area contributed by atoms with Crippen LogP contribution in [0.15, 0.2) is 0 Å². The first-order valence-electron chi connectivity index (χ1n) is 5.69. The van der Waals surface area contributed by atoms with Gasteiger partial charge in [0.05, 0.1) is 6.42 Å². The Morgan fingerprint density at radius 1 is 1.41 bits per heavy atom. The quantitative estimate of drug-likeness (QED) is 0.699. The molecule has 98 valence electrons. The number of rotatable bonds is 7. The van der Waals surface area contributed by atoms with E-state index in [1.807, 2.05) is 13.8 Å². The Balaban J connectivity index is 2.35. The number of aliphatic carboxylic acids is 1. The minimum Gasteiger partial charge on any atom is -0.481 e. The summed E-state index contributed by atoms with van der Waals surface area (Å²) in [7, 11) is -1.27. The SMILES string of the molecule is CC(C)NC(=O)CS(=O)CC1(CC(=O)O)CC1. The van der Waals surface area contributed by atoms with E-state index in [0.29, 0.717) is 5.75 Å². The number of carboxylic acid groups (broad SMARTS) is 1. The number of carbonyl (C=O) groups excluding carboxylic acids is 1. The number of carboxylic acids is 1. The largest absolute Gasteiger partial charge is 0.481 e. The van der Waals surface area contributed by atoms with Gasteiger partial charge in [-0.3, -0.25) is 13.8 Å². The Kier molecular flexibility index (Phi) is 4.68. The molecule has 1 saturated carbocycles. The van der Waals surface area contributed by atoms with Crippen molar-refractivity contribution in [1.29, 1.82) is 0 Å². The smallest absolute Gasteiger partial charge is 0.303 e. The van der Waals surface area contributed by atoms with E-state index >= 15 is 0 Å². The first-order chi connectivity index (χ1) is 7.83. The minimum atomic E-state index is -1.27. The second-order valence-corrected chi connectivity index (χ2v) is 6.48. The van der Waals surface area contributed by atoms with Crippen LogP contribution in [0.2, 0.25) is 0 Å². The Hall–Kier alpha value is -0.910. The second kappa shape index (κ2) is 5.62. The standard InChI is InChI=1S/C11H19NO4S/c1-8(2)12-9(13)6-17(16)7-11(3-4-11)5-10(14)15/h8H,3-7H2,1-2H3,(H,12,13)(H,14,15). The average Bonchev–Trinajstić information content (AvgIpc) is 2.79. The van der Waals surface area contributed by atoms with Gasteiger partial charge in [0, 0.05) is 22.6 Å². The number of amides is 1. The summed E-state index contributed by atoms with van der Waals surface area (Å²) in [4.78, 5) is 22.0. The molecule has 1 unspecified atom stereocenters. The van der Waals surface area contributed by atoms with Gasteiger partial charge in [-0.2, -0.15) is 0 Å². The second-order valence-electron chi connectivity index (χ2n) is 5.02. The summed E-state index contributed by atoms with van der Waals surface area (Å²) >= 11 is 0. The lowest BCUT2D eigenvalue weighted by molar-refractivity contribution is -0.138. The van der Waals surface area contributed by atoms with E-state index in [1.54, 1.807) is 0 Å². The summed E-state index contributed by atoms with van der Waals surface area (Å²) in [6.45, 7) is 3.68. The van der Waals surface area contributed by atoms with Gasteiger partial charge in [-0.1, -0.05) is 0 Å². The third-order valence-corrected chi connectivity index (χ3v) is 4.21. The van der Waals surface area contributed by atoms with E-state index < -0.39 is 16.8 Å². The van der Waals surface area contributed by atoms with Gasteiger partial charge in [-0.05, 0) is 32.1 Å². The van der Waals surface area contributed by atoms with Crippen LogP contribution >= 0.6 is 0 Å². The number of hydrogen-bond acceptors (Lipinski definition) is 3. The highest BCUT2D eigenvalue weighted by atomic mass is 32.2. The van der Waals surface area contributed by atoms with Gasteiger partial charge in [0.2, 0.25) is 5.91 Å². The molecule has 6 heteroatoms. The molecular weight excluding hydrogens is 242 g/mol.